The molecule has 0 saturated heterocycles. The van der Waals surface area contributed by atoms with Crippen LogP contribution in [0.1, 0.15) is 12.5 Å². The highest BCUT2D eigenvalue weighted by Gasteiger charge is 2.30. The minimum atomic E-state index is -4.37. The molecule has 4 nitrogen and oxygen atoms in total. The zero-order valence-electron chi connectivity index (χ0n) is 10.7. The van der Waals surface area contributed by atoms with E-state index < -0.39 is 17.7 Å². The highest BCUT2D eigenvalue weighted by atomic mass is 19.4. The first-order chi connectivity index (χ1) is 9.27. The van der Waals surface area contributed by atoms with Gasteiger partial charge in [-0.2, -0.15) is 18.3 Å². The number of benzene rings is 1. The third kappa shape index (κ3) is 2.98. The lowest BCUT2D eigenvalue weighted by atomic mass is 10.1. The van der Waals surface area contributed by atoms with Gasteiger partial charge in [-0.1, -0.05) is 12.1 Å². The van der Waals surface area contributed by atoms with Gasteiger partial charge in [0, 0.05) is 25.6 Å². The molecule has 0 spiro atoms. The van der Waals surface area contributed by atoms with Crippen LogP contribution in [0.5, 0.6) is 5.88 Å². The van der Waals surface area contributed by atoms with Gasteiger partial charge in [0.2, 0.25) is 5.88 Å². The van der Waals surface area contributed by atoms with E-state index in [1.165, 1.54) is 29.8 Å². The van der Waals surface area contributed by atoms with Gasteiger partial charge in [-0.15, -0.1) is 0 Å². The normalized spacial score (nSPS) is 11.4. The van der Waals surface area contributed by atoms with Crippen LogP contribution in [-0.4, -0.2) is 15.7 Å². The number of alkyl halides is 3. The average molecular weight is 284 g/mol. The van der Waals surface area contributed by atoms with E-state index in [1.54, 1.807) is 7.05 Å². The van der Waals surface area contributed by atoms with Gasteiger partial charge in [-0.05, 0) is 12.1 Å². The highest BCUT2D eigenvalue weighted by Crippen LogP contribution is 2.31. The number of halogens is 3. The van der Waals surface area contributed by atoms with Crippen LogP contribution in [0, 0.1) is 0 Å². The molecule has 1 aromatic heterocycles. The Hall–Kier alpha value is -2.31. The van der Waals surface area contributed by atoms with Crippen molar-refractivity contribution in [2.24, 2.45) is 7.05 Å². The van der Waals surface area contributed by atoms with Crippen LogP contribution in [0.15, 0.2) is 30.3 Å². The number of aromatic nitrogens is 2. The van der Waals surface area contributed by atoms with E-state index >= 15 is 0 Å². The summed E-state index contributed by atoms with van der Waals surface area (Å²) in [5, 5.41) is 4.08. The summed E-state index contributed by atoms with van der Waals surface area (Å²) in [4.78, 5) is 10.9. The number of carbonyl (C=O) groups excluding carboxylic acids is 1. The lowest BCUT2D eigenvalue weighted by Crippen LogP contribution is -2.05. The zero-order valence-corrected chi connectivity index (χ0v) is 10.7. The fourth-order valence-corrected chi connectivity index (χ4v) is 1.66. The first-order valence-corrected chi connectivity index (χ1v) is 5.67. The summed E-state index contributed by atoms with van der Waals surface area (Å²) in [6.07, 6.45) is -4.37. The Kier molecular flexibility index (Phi) is 3.52. The molecule has 0 aliphatic rings. The van der Waals surface area contributed by atoms with Crippen LogP contribution in [0.4, 0.5) is 13.2 Å². The fraction of sp³-hybridized carbons (Fsp3) is 0.231. The molecule has 0 bridgehead atoms. The third-order valence-electron chi connectivity index (χ3n) is 2.59. The van der Waals surface area contributed by atoms with Gasteiger partial charge in [0.1, 0.15) is 0 Å². The first kappa shape index (κ1) is 14.1. The minimum absolute atomic E-state index is 0.229. The van der Waals surface area contributed by atoms with E-state index in [9.17, 15) is 18.0 Å². The lowest BCUT2D eigenvalue weighted by Gasteiger charge is -2.06. The Bertz CT molecular complexity index is 630. The molecule has 0 saturated carbocycles. The van der Waals surface area contributed by atoms with Crippen molar-refractivity contribution in [3.63, 3.8) is 0 Å². The summed E-state index contributed by atoms with van der Waals surface area (Å²) in [6, 6.07) is 6.10. The van der Waals surface area contributed by atoms with Crippen LogP contribution < -0.4 is 4.74 Å². The summed E-state index contributed by atoms with van der Waals surface area (Å²) in [7, 11) is 1.58. The van der Waals surface area contributed by atoms with Crippen LogP contribution in [0.3, 0.4) is 0 Å². The van der Waals surface area contributed by atoms with Crippen molar-refractivity contribution in [1.29, 1.82) is 0 Å². The number of ether oxygens (including phenoxy) is 1. The zero-order chi connectivity index (χ0) is 14.9. The lowest BCUT2D eigenvalue weighted by molar-refractivity contribution is -0.137. The maximum atomic E-state index is 12.5. The largest absolute Gasteiger partial charge is 0.416 e. The van der Waals surface area contributed by atoms with Gasteiger partial charge in [0.05, 0.1) is 11.3 Å². The molecule has 1 aromatic carbocycles. The number of hydrogen-bond donors (Lipinski definition) is 0. The summed E-state index contributed by atoms with van der Waals surface area (Å²) >= 11 is 0. The predicted octanol–water partition coefficient (Wildman–Crippen LogP) is 3.03. The molecule has 7 heteroatoms. The molecule has 0 fully saturated rings. The Morgan fingerprint density at radius 2 is 1.85 bits per heavy atom. The van der Waals surface area contributed by atoms with Crippen molar-refractivity contribution in [3.05, 3.63) is 35.9 Å². The first-order valence-electron chi connectivity index (χ1n) is 5.67. The quantitative estimate of drug-likeness (QED) is 0.796. The molecule has 0 unspecified atom stereocenters. The molecule has 0 aliphatic carbocycles. The molecule has 20 heavy (non-hydrogen) atoms. The molecule has 0 amide bonds. The standard InChI is InChI=1S/C13H11F3N2O2/c1-8(19)20-12-7-11(17-18(12)2)9-3-5-10(6-4-9)13(14,15)16/h3-7H,1-2H3. The minimum Gasteiger partial charge on any atom is -0.408 e. The second kappa shape index (κ2) is 4.99. The van der Waals surface area contributed by atoms with Gasteiger partial charge in [-0.25, -0.2) is 4.68 Å². The van der Waals surface area contributed by atoms with Crippen LogP contribution in [0.25, 0.3) is 11.3 Å². The molecule has 0 N–H and O–H groups in total. The second-order valence-corrected chi connectivity index (χ2v) is 4.16. The molecular formula is C13H11F3N2O2. The Labute approximate surface area is 112 Å². The van der Waals surface area contributed by atoms with Gasteiger partial charge >= 0.3 is 12.1 Å². The second-order valence-electron chi connectivity index (χ2n) is 4.16. The van der Waals surface area contributed by atoms with Gasteiger partial charge in [0.15, 0.2) is 0 Å². The SMILES string of the molecule is CC(=O)Oc1cc(-c2ccc(C(F)(F)F)cc2)nn1C. The van der Waals surface area contributed by atoms with Crippen molar-refractivity contribution in [3.8, 4) is 17.1 Å². The Balaban J connectivity index is 2.30. The number of carbonyl (C=O) groups is 1. The van der Waals surface area contributed by atoms with E-state index in [2.05, 4.69) is 5.10 Å². The molecule has 106 valence electrons. The van der Waals surface area contributed by atoms with E-state index in [0.29, 0.717) is 11.3 Å². The van der Waals surface area contributed by atoms with E-state index in [4.69, 9.17) is 4.74 Å². The molecule has 0 radical (unpaired) electrons. The van der Waals surface area contributed by atoms with E-state index in [0.717, 1.165) is 12.1 Å². The molecule has 1 heterocycles. The topological polar surface area (TPSA) is 44.1 Å². The summed E-state index contributed by atoms with van der Waals surface area (Å²) < 4.78 is 43.6. The number of esters is 1. The molecule has 0 aliphatic heterocycles. The number of hydrogen-bond acceptors (Lipinski definition) is 3. The fourth-order valence-electron chi connectivity index (χ4n) is 1.66. The van der Waals surface area contributed by atoms with E-state index in [1.807, 2.05) is 0 Å². The summed E-state index contributed by atoms with van der Waals surface area (Å²) in [5.41, 5.74) is 0.210. The molecule has 2 rings (SSSR count). The average Bonchev–Trinajstić information content (AvgIpc) is 2.69. The monoisotopic (exact) mass is 284 g/mol. The van der Waals surface area contributed by atoms with Gasteiger partial charge in [0.25, 0.3) is 0 Å². The molecule has 2 aromatic rings. The maximum absolute atomic E-state index is 12.5. The highest BCUT2D eigenvalue weighted by molar-refractivity contribution is 5.70. The van der Waals surface area contributed by atoms with Crippen molar-refractivity contribution in [2.75, 3.05) is 0 Å². The predicted molar refractivity (Wildman–Crippen MR) is 65.0 cm³/mol. The Morgan fingerprint density at radius 3 is 2.35 bits per heavy atom. The molecular weight excluding hydrogens is 273 g/mol. The summed E-state index contributed by atoms with van der Waals surface area (Å²) in [6.45, 7) is 1.25. The van der Waals surface area contributed by atoms with Crippen molar-refractivity contribution >= 4 is 5.97 Å². The van der Waals surface area contributed by atoms with Crippen LogP contribution in [-0.2, 0) is 18.0 Å². The molecule has 0 atom stereocenters. The maximum Gasteiger partial charge on any atom is 0.416 e. The van der Waals surface area contributed by atoms with Gasteiger partial charge in [-0.3, -0.25) is 4.79 Å². The Morgan fingerprint density at radius 1 is 1.25 bits per heavy atom. The van der Waals surface area contributed by atoms with Crippen molar-refractivity contribution in [2.45, 2.75) is 13.1 Å². The van der Waals surface area contributed by atoms with Crippen molar-refractivity contribution < 1.29 is 22.7 Å². The number of nitrogens with zero attached hydrogens (tertiary/aromatic N) is 2. The third-order valence-corrected chi connectivity index (χ3v) is 2.59. The number of rotatable bonds is 2. The smallest absolute Gasteiger partial charge is 0.408 e. The van der Waals surface area contributed by atoms with E-state index in [-0.39, 0.29) is 5.88 Å². The number of aryl methyl sites for hydroxylation is 1. The summed E-state index contributed by atoms with van der Waals surface area (Å²) in [5.74, 6) is -0.264. The van der Waals surface area contributed by atoms with Crippen LogP contribution >= 0.6 is 0 Å². The van der Waals surface area contributed by atoms with Gasteiger partial charge < -0.3 is 4.74 Å². The van der Waals surface area contributed by atoms with Crippen molar-refractivity contribution in [1.82, 2.24) is 9.78 Å². The van der Waals surface area contributed by atoms with Crippen LogP contribution in [0.2, 0.25) is 0 Å².